The molecule has 3 rings (SSSR count). The number of nitrogens with zero attached hydrogens (tertiary/aromatic N) is 1. The fourth-order valence-corrected chi connectivity index (χ4v) is 2.64. The molecular weight excluding hydrogens is 350 g/mol. The van der Waals surface area contributed by atoms with Crippen molar-refractivity contribution in [3.05, 3.63) is 81.2 Å². The largest absolute Gasteiger partial charge is 0.872 e. The number of carbonyl (C=O) groups excluding carboxylic acids is 1. The number of nitro groups is 1. The van der Waals surface area contributed by atoms with Crippen molar-refractivity contribution in [1.82, 2.24) is 0 Å². The molecule has 0 saturated carbocycles. The molecule has 0 aromatic heterocycles. The van der Waals surface area contributed by atoms with Crippen LogP contribution in [0.2, 0.25) is 0 Å². The summed E-state index contributed by atoms with van der Waals surface area (Å²) >= 11 is 0. The highest BCUT2D eigenvalue weighted by Gasteiger charge is 2.24. The van der Waals surface area contributed by atoms with E-state index in [4.69, 9.17) is 0 Å². The number of nitrogens with one attached hydrogen (secondary N) is 2. The summed E-state index contributed by atoms with van der Waals surface area (Å²) in [5.74, 6) is -1.55. The normalized spacial score (nSPS) is 16.7. The van der Waals surface area contributed by atoms with Gasteiger partial charge < -0.3 is 20.8 Å². The van der Waals surface area contributed by atoms with Gasteiger partial charge in [-0.1, -0.05) is 42.2 Å². The zero-order valence-corrected chi connectivity index (χ0v) is 14.3. The summed E-state index contributed by atoms with van der Waals surface area (Å²) in [4.78, 5) is 22.5. The number of carbonyl (C=O) groups is 1. The van der Waals surface area contributed by atoms with E-state index in [-0.39, 0.29) is 17.1 Å². The van der Waals surface area contributed by atoms with Crippen molar-refractivity contribution in [3.8, 4) is 0 Å². The third-order valence-electron chi connectivity index (χ3n) is 4.07. The van der Waals surface area contributed by atoms with E-state index < -0.39 is 22.7 Å². The SMILES string of the molecule is C/C(=C/c1ccccc1)C(O)C([O-])=C1Nc2ccc([N+](=O)[O-])cc2NC1=O. The Morgan fingerprint density at radius 2 is 1.85 bits per heavy atom. The molecule has 1 aliphatic heterocycles. The second-order valence-electron chi connectivity index (χ2n) is 6.01. The first-order valence-electron chi connectivity index (χ1n) is 8.06. The van der Waals surface area contributed by atoms with Gasteiger partial charge in [-0.2, -0.15) is 0 Å². The molecule has 1 atom stereocenters. The van der Waals surface area contributed by atoms with Crippen LogP contribution in [0.1, 0.15) is 12.5 Å². The summed E-state index contributed by atoms with van der Waals surface area (Å²) in [6.45, 7) is 1.59. The van der Waals surface area contributed by atoms with Crippen molar-refractivity contribution in [2.75, 3.05) is 10.6 Å². The van der Waals surface area contributed by atoms with Gasteiger partial charge in [-0.3, -0.25) is 14.9 Å². The topological polar surface area (TPSA) is 128 Å². The average molecular weight is 366 g/mol. The second kappa shape index (κ2) is 7.30. The second-order valence-corrected chi connectivity index (χ2v) is 6.01. The lowest BCUT2D eigenvalue weighted by Crippen LogP contribution is -2.34. The summed E-state index contributed by atoms with van der Waals surface area (Å²) in [5, 5.41) is 38.8. The van der Waals surface area contributed by atoms with Crippen molar-refractivity contribution in [2.24, 2.45) is 0 Å². The summed E-state index contributed by atoms with van der Waals surface area (Å²) < 4.78 is 0. The molecule has 0 saturated heterocycles. The Kier molecular flexibility index (Phi) is 4.91. The van der Waals surface area contributed by atoms with Gasteiger partial charge in [0.05, 0.1) is 28.1 Å². The van der Waals surface area contributed by atoms with Crippen LogP contribution in [-0.4, -0.2) is 22.0 Å². The predicted molar refractivity (Wildman–Crippen MR) is 98.5 cm³/mol. The molecule has 27 heavy (non-hydrogen) atoms. The van der Waals surface area contributed by atoms with Crippen LogP contribution < -0.4 is 15.7 Å². The van der Waals surface area contributed by atoms with Gasteiger partial charge in [-0.05, 0) is 24.1 Å². The Morgan fingerprint density at radius 1 is 1.15 bits per heavy atom. The highest BCUT2D eigenvalue weighted by molar-refractivity contribution is 6.11. The number of nitro benzene ring substituents is 1. The van der Waals surface area contributed by atoms with Gasteiger partial charge in [0.1, 0.15) is 0 Å². The maximum Gasteiger partial charge on any atom is 0.271 e. The number of amides is 1. The lowest BCUT2D eigenvalue weighted by Gasteiger charge is -2.29. The van der Waals surface area contributed by atoms with Gasteiger partial charge in [0.15, 0.2) is 0 Å². The molecule has 2 aromatic rings. The number of fused-ring (bicyclic) bond motifs is 1. The van der Waals surface area contributed by atoms with E-state index >= 15 is 0 Å². The van der Waals surface area contributed by atoms with Crippen molar-refractivity contribution in [1.29, 1.82) is 0 Å². The molecule has 1 unspecified atom stereocenters. The van der Waals surface area contributed by atoms with Crippen LogP contribution in [0.3, 0.4) is 0 Å². The molecule has 0 radical (unpaired) electrons. The minimum absolute atomic E-state index is 0.188. The van der Waals surface area contributed by atoms with E-state index in [1.54, 1.807) is 13.0 Å². The molecule has 138 valence electrons. The van der Waals surface area contributed by atoms with Crippen LogP contribution in [0.15, 0.2) is 65.6 Å². The lowest BCUT2D eigenvalue weighted by atomic mass is 10.0. The smallest absolute Gasteiger partial charge is 0.271 e. The predicted octanol–water partition coefficient (Wildman–Crippen LogP) is 2.00. The van der Waals surface area contributed by atoms with Gasteiger partial charge in [-0.25, -0.2) is 0 Å². The number of aliphatic hydroxyl groups is 1. The van der Waals surface area contributed by atoms with Crippen molar-refractivity contribution in [2.45, 2.75) is 13.0 Å². The highest BCUT2D eigenvalue weighted by Crippen LogP contribution is 2.32. The molecule has 8 heteroatoms. The summed E-state index contributed by atoms with van der Waals surface area (Å²) in [6.07, 6.45) is 0.152. The minimum atomic E-state index is -1.50. The highest BCUT2D eigenvalue weighted by atomic mass is 16.6. The molecule has 2 aromatic carbocycles. The zero-order valence-electron chi connectivity index (χ0n) is 14.3. The lowest BCUT2D eigenvalue weighted by molar-refractivity contribution is -0.384. The fourth-order valence-electron chi connectivity index (χ4n) is 2.64. The molecule has 0 bridgehead atoms. The number of hydrogen-bond acceptors (Lipinski definition) is 6. The molecule has 1 amide bonds. The van der Waals surface area contributed by atoms with Crippen LogP contribution in [0.5, 0.6) is 0 Å². The number of benzene rings is 2. The van der Waals surface area contributed by atoms with Crippen LogP contribution in [-0.2, 0) is 4.79 Å². The van der Waals surface area contributed by atoms with Crippen molar-refractivity contribution < 1.29 is 19.9 Å². The molecule has 1 heterocycles. The quantitative estimate of drug-likeness (QED) is 0.329. The van der Waals surface area contributed by atoms with E-state index in [1.807, 2.05) is 30.3 Å². The first-order valence-corrected chi connectivity index (χ1v) is 8.06. The molecule has 0 spiro atoms. The summed E-state index contributed by atoms with van der Waals surface area (Å²) in [6, 6.07) is 13.0. The van der Waals surface area contributed by atoms with Crippen LogP contribution in [0.25, 0.3) is 6.08 Å². The third-order valence-corrected chi connectivity index (χ3v) is 4.07. The van der Waals surface area contributed by atoms with E-state index in [9.17, 15) is 25.1 Å². The Morgan fingerprint density at radius 3 is 2.52 bits per heavy atom. The molecule has 3 N–H and O–H groups in total. The fraction of sp³-hybridized carbons (Fsp3) is 0.105. The van der Waals surface area contributed by atoms with Crippen LogP contribution >= 0.6 is 0 Å². The molecular formula is C19H16N3O5-. The van der Waals surface area contributed by atoms with Crippen LogP contribution in [0, 0.1) is 10.1 Å². The number of aliphatic hydroxyl groups excluding tert-OH is 1. The standard InChI is InChI=1S/C19H17N3O5/c1-11(9-12-5-3-2-4-6-12)17(23)18(24)16-19(25)21-15-10-13(22(26)27)7-8-14(15)20-16/h2-10,17,20,23-24H,1H3,(H,21,25)/p-1/b11-9-,18-16?. The molecule has 0 fully saturated rings. The van der Waals surface area contributed by atoms with E-state index in [0.717, 1.165) is 5.56 Å². The summed E-state index contributed by atoms with van der Waals surface area (Å²) in [7, 11) is 0. The van der Waals surface area contributed by atoms with E-state index in [2.05, 4.69) is 10.6 Å². The molecule has 8 nitrogen and oxygen atoms in total. The summed E-state index contributed by atoms with van der Waals surface area (Å²) in [5.41, 5.74) is 1.20. The van der Waals surface area contributed by atoms with Gasteiger partial charge in [0.25, 0.3) is 11.6 Å². The van der Waals surface area contributed by atoms with Gasteiger partial charge in [0, 0.05) is 12.1 Å². The van der Waals surface area contributed by atoms with Gasteiger partial charge >= 0.3 is 0 Å². The first-order chi connectivity index (χ1) is 12.9. The van der Waals surface area contributed by atoms with Crippen LogP contribution in [0.4, 0.5) is 17.1 Å². The average Bonchev–Trinajstić information content (AvgIpc) is 2.66. The Hall–Kier alpha value is -3.65. The molecule has 0 aliphatic carbocycles. The molecule has 1 aliphatic rings. The third kappa shape index (κ3) is 3.80. The number of hydrogen-bond donors (Lipinski definition) is 3. The van der Waals surface area contributed by atoms with Gasteiger partial charge in [0.2, 0.25) is 0 Å². The Bertz CT molecular complexity index is 967. The minimum Gasteiger partial charge on any atom is -0.872 e. The number of anilines is 2. The van der Waals surface area contributed by atoms with Gasteiger partial charge in [-0.15, -0.1) is 0 Å². The first kappa shape index (κ1) is 18.2. The number of rotatable bonds is 4. The maximum absolute atomic E-state index is 12.6. The zero-order chi connectivity index (χ0) is 19.6. The Labute approximate surface area is 154 Å². The van der Waals surface area contributed by atoms with E-state index in [0.29, 0.717) is 11.3 Å². The van der Waals surface area contributed by atoms with Crippen molar-refractivity contribution >= 4 is 29.0 Å². The van der Waals surface area contributed by atoms with Crippen molar-refractivity contribution in [3.63, 3.8) is 0 Å². The Balaban J connectivity index is 1.90. The number of non-ortho nitro benzene ring substituents is 1. The maximum atomic E-state index is 12.6. The van der Waals surface area contributed by atoms with E-state index in [1.165, 1.54) is 18.2 Å². The monoisotopic (exact) mass is 366 g/mol.